The van der Waals surface area contributed by atoms with Crippen molar-refractivity contribution in [2.24, 2.45) is 10.9 Å². The van der Waals surface area contributed by atoms with Gasteiger partial charge in [-0.1, -0.05) is 17.7 Å². The Morgan fingerprint density at radius 1 is 1.64 bits per heavy atom. The fourth-order valence-corrected chi connectivity index (χ4v) is 2.89. The van der Waals surface area contributed by atoms with E-state index >= 15 is 0 Å². The lowest BCUT2D eigenvalue weighted by Gasteiger charge is -2.30. The number of nitrogens with zero attached hydrogens (tertiary/aromatic N) is 2. The summed E-state index contributed by atoms with van der Waals surface area (Å²) in [4.78, 5) is 4.61. The molecule has 0 bridgehead atoms. The minimum absolute atomic E-state index is 0.142. The van der Waals surface area contributed by atoms with Gasteiger partial charge in [0.15, 0.2) is 0 Å². The van der Waals surface area contributed by atoms with Gasteiger partial charge in [0.25, 0.3) is 0 Å². The molecule has 0 saturated carbocycles. The minimum atomic E-state index is -0.142. The molecule has 0 aromatic heterocycles. The molecule has 0 aromatic carbocycles. The van der Waals surface area contributed by atoms with Crippen molar-refractivity contribution in [3.8, 4) is 6.07 Å². The number of hydrogen-bond acceptors (Lipinski definition) is 6. The van der Waals surface area contributed by atoms with Crippen LogP contribution in [0.25, 0.3) is 0 Å². The van der Waals surface area contributed by atoms with Crippen molar-refractivity contribution in [2.45, 2.75) is 12.6 Å². The molecule has 2 unspecified atom stereocenters. The lowest BCUT2D eigenvalue weighted by atomic mass is 9.96. The Morgan fingerprint density at radius 3 is 3.00 bits per heavy atom. The first-order chi connectivity index (χ1) is 10.7. The summed E-state index contributed by atoms with van der Waals surface area (Å²) < 4.78 is 5.20. The molecule has 0 fully saturated rings. The van der Waals surface area contributed by atoms with Gasteiger partial charge in [-0.2, -0.15) is 5.26 Å². The molecule has 5 nitrogen and oxygen atoms in total. The molecule has 0 saturated heterocycles. The van der Waals surface area contributed by atoms with Crippen molar-refractivity contribution in [2.75, 3.05) is 13.4 Å². The summed E-state index contributed by atoms with van der Waals surface area (Å²) in [7, 11) is 1.65. The largest absolute Gasteiger partial charge is 0.497 e. The normalized spacial score (nSPS) is 24.5. The highest BCUT2D eigenvalue weighted by Gasteiger charge is 2.27. The van der Waals surface area contributed by atoms with Gasteiger partial charge < -0.3 is 15.4 Å². The maximum Gasteiger partial charge on any atom is 0.147 e. The van der Waals surface area contributed by atoms with Crippen LogP contribution < -0.4 is 10.6 Å². The third-order valence-electron chi connectivity index (χ3n) is 3.35. The number of hydrogen-bond donors (Lipinski definition) is 2. The molecule has 2 rings (SSSR count). The lowest BCUT2D eigenvalue weighted by molar-refractivity contribution is 0.299. The molecule has 1 aliphatic carbocycles. The summed E-state index contributed by atoms with van der Waals surface area (Å²) >= 11 is 7.04. The van der Waals surface area contributed by atoms with Crippen LogP contribution in [0.1, 0.15) is 6.42 Å². The molecule has 1 heterocycles. The van der Waals surface area contributed by atoms with Crippen LogP contribution >= 0.6 is 23.4 Å². The topological polar surface area (TPSA) is 69.4 Å². The van der Waals surface area contributed by atoms with Crippen molar-refractivity contribution in [3.63, 3.8) is 0 Å². The molecule has 0 spiro atoms. The third-order valence-corrected chi connectivity index (χ3v) is 4.21. The summed E-state index contributed by atoms with van der Waals surface area (Å²) in [5.74, 6) is 1.58. The van der Waals surface area contributed by atoms with E-state index in [-0.39, 0.29) is 12.1 Å². The van der Waals surface area contributed by atoms with E-state index < -0.39 is 0 Å². The smallest absolute Gasteiger partial charge is 0.147 e. The molecule has 2 aliphatic rings. The first-order valence-electron chi connectivity index (χ1n) is 6.70. The molecule has 116 valence electrons. The van der Waals surface area contributed by atoms with Crippen LogP contribution in [0.2, 0.25) is 0 Å². The summed E-state index contributed by atoms with van der Waals surface area (Å²) in [5.41, 5.74) is 1.84. The Balaban J connectivity index is 2.23. The maximum atomic E-state index is 9.35. The van der Waals surface area contributed by atoms with Gasteiger partial charge in [-0.05, 0) is 24.8 Å². The van der Waals surface area contributed by atoms with E-state index in [4.69, 9.17) is 16.3 Å². The van der Waals surface area contributed by atoms with Gasteiger partial charge in [-0.15, -0.1) is 11.8 Å². The van der Waals surface area contributed by atoms with Crippen LogP contribution in [0.5, 0.6) is 0 Å². The van der Waals surface area contributed by atoms with Crippen LogP contribution in [0.4, 0.5) is 0 Å². The van der Waals surface area contributed by atoms with Crippen LogP contribution in [-0.2, 0) is 4.74 Å². The zero-order valence-electron chi connectivity index (χ0n) is 12.3. The number of rotatable bonds is 4. The van der Waals surface area contributed by atoms with Crippen molar-refractivity contribution < 1.29 is 4.74 Å². The fraction of sp³-hybridized carbons (Fsp3) is 0.333. The molecule has 2 N–H and O–H groups in total. The number of thioether (sulfide) groups is 1. The quantitative estimate of drug-likeness (QED) is 0.826. The van der Waals surface area contributed by atoms with Crippen LogP contribution in [-0.4, -0.2) is 25.4 Å². The second-order valence-corrected chi connectivity index (χ2v) is 5.66. The molecule has 2 atom stereocenters. The SMILES string of the molecule is COC1=CCC(C2N=C(N/C=C\Cl)C(C#N)=C(SC)N2)C=C1. The standard InChI is InChI=1S/C15H17ClN4OS/c1-21-11-5-3-10(4-6-11)13-19-14(18-8-7-16)12(9-17)15(20-13)22-2/h3,5-8,10,13,20H,4H2,1-2H3,(H,18,19)/b8-7-. The summed E-state index contributed by atoms with van der Waals surface area (Å²) in [6.07, 6.45) is 10.2. The highest BCUT2D eigenvalue weighted by atomic mass is 35.5. The number of amidine groups is 1. The van der Waals surface area contributed by atoms with Crippen LogP contribution in [0, 0.1) is 17.2 Å². The Labute approximate surface area is 139 Å². The number of nitrogens with one attached hydrogen (secondary N) is 2. The molecule has 22 heavy (non-hydrogen) atoms. The molecule has 7 heteroatoms. The zero-order valence-corrected chi connectivity index (χ0v) is 13.9. The Hall–Kier alpha value is -1.84. The van der Waals surface area contributed by atoms with Gasteiger partial charge in [-0.25, -0.2) is 4.99 Å². The van der Waals surface area contributed by atoms with E-state index in [1.54, 1.807) is 13.3 Å². The molecular weight excluding hydrogens is 320 g/mol. The Morgan fingerprint density at radius 2 is 2.45 bits per heavy atom. The van der Waals surface area contributed by atoms with E-state index in [9.17, 15) is 5.26 Å². The summed E-state index contributed by atoms with van der Waals surface area (Å²) in [6, 6.07) is 2.18. The van der Waals surface area contributed by atoms with Gasteiger partial charge >= 0.3 is 0 Å². The number of ether oxygens (including phenoxy) is 1. The Kier molecular flexibility index (Phi) is 5.99. The minimum Gasteiger partial charge on any atom is -0.497 e. The predicted molar refractivity (Wildman–Crippen MR) is 91.0 cm³/mol. The average Bonchev–Trinajstić information content (AvgIpc) is 2.58. The second-order valence-electron chi connectivity index (χ2n) is 4.59. The van der Waals surface area contributed by atoms with Gasteiger partial charge in [0.1, 0.15) is 29.4 Å². The molecule has 0 aromatic rings. The number of allylic oxidation sites excluding steroid dienone is 2. The van der Waals surface area contributed by atoms with E-state index in [2.05, 4.69) is 27.8 Å². The molecule has 0 amide bonds. The van der Waals surface area contributed by atoms with E-state index in [0.29, 0.717) is 11.4 Å². The van der Waals surface area contributed by atoms with E-state index in [1.807, 2.05) is 18.4 Å². The molecule has 1 aliphatic heterocycles. The van der Waals surface area contributed by atoms with Crippen molar-refractivity contribution in [1.29, 1.82) is 5.26 Å². The Bertz CT molecular complexity index is 616. The molecule has 0 radical (unpaired) electrons. The predicted octanol–water partition coefficient (Wildman–Crippen LogP) is 2.82. The van der Waals surface area contributed by atoms with Gasteiger partial charge in [-0.3, -0.25) is 0 Å². The molecular formula is C15H17ClN4OS. The van der Waals surface area contributed by atoms with E-state index in [0.717, 1.165) is 17.2 Å². The number of halogens is 1. The monoisotopic (exact) mass is 336 g/mol. The van der Waals surface area contributed by atoms with E-state index in [1.165, 1.54) is 17.3 Å². The highest BCUT2D eigenvalue weighted by molar-refractivity contribution is 8.02. The van der Waals surface area contributed by atoms with Gasteiger partial charge in [0, 0.05) is 17.7 Å². The number of nitriles is 1. The van der Waals surface area contributed by atoms with Crippen molar-refractivity contribution >= 4 is 29.2 Å². The maximum absolute atomic E-state index is 9.35. The van der Waals surface area contributed by atoms with Crippen LogP contribution in [0.3, 0.4) is 0 Å². The first kappa shape index (κ1) is 16.5. The lowest BCUT2D eigenvalue weighted by Crippen LogP contribution is -2.41. The number of methoxy groups -OCH3 is 1. The van der Waals surface area contributed by atoms with Crippen LogP contribution in [0.15, 0.2) is 51.3 Å². The average molecular weight is 337 g/mol. The zero-order chi connectivity index (χ0) is 15.9. The van der Waals surface area contributed by atoms with Gasteiger partial charge in [0.2, 0.25) is 0 Å². The second kappa shape index (κ2) is 7.97. The highest BCUT2D eigenvalue weighted by Crippen LogP contribution is 2.27. The summed E-state index contributed by atoms with van der Waals surface area (Å²) in [5, 5.41) is 16.4. The van der Waals surface area contributed by atoms with Crippen molar-refractivity contribution in [3.05, 3.63) is 46.3 Å². The third kappa shape index (κ3) is 3.67. The van der Waals surface area contributed by atoms with Crippen molar-refractivity contribution in [1.82, 2.24) is 10.6 Å². The van der Waals surface area contributed by atoms with Gasteiger partial charge in [0.05, 0.1) is 12.1 Å². The fourth-order valence-electron chi connectivity index (χ4n) is 2.24. The summed E-state index contributed by atoms with van der Waals surface area (Å²) in [6.45, 7) is 0. The number of aliphatic imine (C=N–C) groups is 1. The first-order valence-corrected chi connectivity index (χ1v) is 8.36.